The normalized spacial score (nSPS) is 19.6. The van der Waals surface area contributed by atoms with Crippen LogP contribution in [-0.2, 0) is 40.9 Å². The molecular weight excluding hydrogens is 475 g/mol. The van der Waals surface area contributed by atoms with Crippen molar-refractivity contribution >= 4 is 34.2 Å². The molecule has 0 aliphatic carbocycles. The second kappa shape index (κ2) is 10.8. The van der Waals surface area contributed by atoms with Gasteiger partial charge in [0.15, 0.2) is 5.84 Å². The number of aromatic nitrogens is 2. The summed E-state index contributed by atoms with van der Waals surface area (Å²) in [7, 11) is -2.14. The minimum Gasteiger partial charge on any atom is -0.724 e. The van der Waals surface area contributed by atoms with Crippen LogP contribution in [0.5, 0.6) is 0 Å². The number of aryl methyl sites for hydroxylation is 1. The van der Waals surface area contributed by atoms with Gasteiger partial charge < -0.3 is 24.3 Å². The number of hydroxylamine groups is 2. The molecule has 2 bridgehead atoms. The molecule has 0 unspecified atom stereocenters. The topological polar surface area (TPSA) is 185 Å². The molecule has 0 radical (unpaired) electrons. The number of likely N-dealkylation sites (N-methyl/N-ethyl adjacent to an activating group) is 1. The van der Waals surface area contributed by atoms with Crippen molar-refractivity contribution in [3.05, 3.63) is 17.5 Å². The number of carbonyl (C=O) groups excluding carboxylic acids is 3. The van der Waals surface area contributed by atoms with Gasteiger partial charge >= 0.3 is 47.5 Å². The van der Waals surface area contributed by atoms with Crippen LogP contribution in [0.2, 0.25) is 0 Å². The predicted octanol–water partition coefficient (Wildman–Crippen LogP) is -3.93. The molecule has 15 nitrogen and oxygen atoms in total. The minimum absolute atomic E-state index is 0. The standard InChI is InChI=1S/C16H22N6O9S.Na/c1-4-29-11(23)5-6-12(24)30-19-15(17-2)14-13-9(7-18-20(13)3)10-8-21(14)16(25)22(10)31-32(26,27)28;/h7,10,14H,4-6,8H2,1-3H3,(H,17,19)(H,26,27,28);/q;+1/p-1/t10-,14-;/m0./s1. The summed E-state index contributed by atoms with van der Waals surface area (Å²) in [4.78, 5) is 42.2. The summed E-state index contributed by atoms with van der Waals surface area (Å²) in [6.45, 7) is 1.79. The zero-order valence-corrected chi connectivity index (χ0v) is 21.2. The number of amidine groups is 1. The van der Waals surface area contributed by atoms with E-state index in [0.717, 1.165) is 0 Å². The van der Waals surface area contributed by atoms with Gasteiger partial charge in [-0.15, -0.1) is 0 Å². The van der Waals surface area contributed by atoms with E-state index in [1.54, 1.807) is 14.0 Å². The Balaban J connectivity index is 0.00000385. The van der Waals surface area contributed by atoms with E-state index in [0.29, 0.717) is 16.3 Å². The van der Waals surface area contributed by atoms with Gasteiger partial charge in [0.2, 0.25) is 10.4 Å². The molecule has 1 aromatic rings. The Morgan fingerprint density at radius 3 is 2.61 bits per heavy atom. The molecule has 0 aromatic carbocycles. The average molecular weight is 496 g/mol. The number of fused-ring (bicyclic) bond motifs is 4. The third-order valence-corrected chi connectivity index (χ3v) is 5.15. The number of rotatable bonds is 8. The van der Waals surface area contributed by atoms with Crippen LogP contribution in [0.25, 0.3) is 0 Å². The fourth-order valence-electron chi connectivity index (χ4n) is 3.52. The SMILES string of the molecule is CCOC(=O)CCC(=O)O/N=C(\NC)[C@@H]1c2c(cnn2C)[C@@H]2CN1C(=O)N2OS(=O)(=O)[O-].[Na+]. The molecule has 0 spiro atoms. The second-order valence-electron chi connectivity index (χ2n) is 6.77. The zero-order valence-electron chi connectivity index (χ0n) is 18.4. The molecule has 2 atom stereocenters. The van der Waals surface area contributed by atoms with Crippen molar-refractivity contribution in [3.63, 3.8) is 0 Å². The van der Waals surface area contributed by atoms with Gasteiger partial charge in [-0.25, -0.2) is 18.0 Å². The van der Waals surface area contributed by atoms with Gasteiger partial charge in [0.05, 0.1) is 37.9 Å². The molecule has 1 aromatic heterocycles. The van der Waals surface area contributed by atoms with Crippen molar-refractivity contribution in [2.75, 3.05) is 20.2 Å². The molecule has 176 valence electrons. The first-order valence-electron chi connectivity index (χ1n) is 9.45. The number of nitrogens with one attached hydrogen (secondary N) is 1. The number of ether oxygens (including phenoxy) is 1. The fraction of sp³-hybridized carbons (Fsp3) is 0.562. The van der Waals surface area contributed by atoms with E-state index in [-0.39, 0.29) is 61.4 Å². The van der Waals surface area contributed by atoms with Crippen LogP contribution in [0.3, 0.4) is 0 Å². The number of amides is 2. The van der Waals surface area contributed by atoms with Gasteiger partial charge in [-0.1, -0.05) is 5.16 Å². The Morgan fingerprint density at radius 1 is 1.33 bits per heavy atom. The van der Waals surface area contributed by atoms with E-state index >= 15 is 0 Å². The zero-order chi connectivity index (χ0) is 23.6. The van der Waals surface area contributed by atoms with Crippen molar-refractivity contribution in [2.45, 2.75) is 31.8 Å². The maximum atomic E-state index is 12.8. The Kier molecular flexibility index (Phi) is 8.83. The van der Waals surface area contributed by atoms with Crippen molar-refractivity contribution in [2.24, 2.45) is 12.2 Å². The summed E-state index contributed by atoms with van der Waals surface area (Å²) in [6, 6.07) is -2.74. The molecule has 2 aliphatic heterocycles. The maximum Gasteiger partial charge on any atom is 1.00 e. The second-order valence-corrected chi connectivity index (χ2v) is 7.73. The average Bonchev–Trinajstić information content (AvgIpc) is 3.22. The predicted molar refractivity (Wildman–Crippen MR) is 102 cm³/mol. The van der Waals surface area contributed by atoms with E-state index in [1.807, 2.05) is 0 Å². The number of hydrogen-bond donors (Lipinski definition) is 1. The molecule has 1 saturated heterocycles. The molecule has 0 saturated carbocycles. The number of carbonyl (C=O) groups is 3. The van der Waals surface area contributed by atoms with Gasteiger partial charge in [0.25, 0.3) is 0 Å². The molecule has 1 fully saturated rings. The van der Waals surface area contributed by atoms with E-state index in [2.05, 4.69) is 19.9 Å². The van der Waals surface area contributed by atoms with Crippen LogP contribution in [0.4, 0.5) is 4.79 Å². The quantitative estimate of drug-likeness (QED) is 0.0542. The molecule has 1 N–H and O–H groups in total. The number of oxime groups is 1. The molecular formula is C16H21N6NaO9S. The number of esters is 1. The summed E-state index contributed by atoms with van der Waals surface area (Å²) in [5, 5.41) is 11.1. The first kappa shape index (κ1) is 27.0. The van der Waals surface area contributed by atoms with Gasteiger partial charge in [-0.2, -0.15) is 14.4 Å². The van der Waals surface area contributed by atoms with Crippen LogP contribution < -0.4 is 34.9 Å². The van der Waals surface area contributed by atoms with Gasteiger partial charge in [-0.05, 0) is 6.92 Å². The smallest absolute Gasteiger partial charge is 0.724 e. The van der Waals surface area contributed by atoms with Crippen LogP contribution in [0, 0.1) is 0 Å². The van der Waals surface area contributed by atoms with Crippen LogP contribution in [0.15, 0.2) is 11.4 Å². The maximum absolute atomic E-state index is 12.8. The van der Waals surface area contributed by atoms with Crippen molar-refractivity contribution in [1.29, 1.82) is 0 Å². The molecule has 3 rings (SSSR count). The number of hydrogen-bond acceptors (Lipinski definition) is 11. The molecule has 17 heteroatoms. The van der Waals surface area contributed by atoms with Gasteiger partial charge in [-0.3, -0.25) is 9.48 Å². The third-order valence-electron chi connectivity index (χ3n) is 4.80. The van der Waals surface area contributed by atoms with Gasteiger partial charge in [0, 0.05) is 19.7 Å². The Morgan fingerprint density at radius 2 is 2.00 bits per heavy atom. The summed E-state index contributed by atoms with van der Waals surface area (Å²) < 4.78 is 43.8. The van der Waals surface area contributed by atoms with E-state index in [9.17, 15) is 27.4 Å². The summed E-state index contributed by atoms with van der Waals surface area (Å²) in [5.74, 6) is -1.34. The Labute approximate surface area is 211 Å². The minimum atomic E-state index is -5.21. The first-order valence-corrected chi connectivity index (χ1v) is 10.8. The molecule has 2 aliphatic rings. The van der Waals surface area contributed by atoms with Crippen LogP contribution >= 0.6 is 0 Å². The van der Waals surface area contributed by atoms with Crippen LogP contribution in [-0.4, -0.2) is 76.7 Å². The fourth-order valence-corrected chi connectivity index (χ4v) is 3.88. The molecule has 3 heterocycles. The van der Waals surface area contributed by atoms with Crippen molar-refractivity contribution in [1.82, 2.24) is 25.1 Å². The molecule has 2 amide bonds. The van der Waals surface area contributed by atoms with Gasteiger partial charge in [0.1, 0.15) is 12.1 Å². The summed E-state index contributed by atoms with van der Waals surface area (Å²) >= 11 is 0. The third kappa shape index (κ3) is 5.82. The summed E-state index contributed by atoms with van der Waals surface area (Å²) in [5.41, 5.74) is 0.875. The first-order chi connectivity index (χ1) is 15.1. The Hall–Kier alpha value is -2.24. The Bertz CT molecular complexity index is 1060. The van der Waals surface area contributed by atoms with E-state index in [4.69, 9.17) is 9.57 Å². The summed E-state index contributed by atoms with van der Waals surface area (Å²) in [6.07, 6.45) is 0.957. The van der Waals surface area contributed by atoms with Crippen LogP contribution in [0.1, 0.15) is 43.1 Å². The number of urea groups is 1. The monoisotopic (exact) mass is 496 g/mol. The van der Waals surface area contributed by atoms with Crippen molar-refractivity contribution in [3.8, 4) is 0 Å². The number of nitrogens with zero attached hydrogens (tertiary/aromatic N) is 5. The van der Waals surface area contributed by atoms with E-state index < -0.39 is 40.5 Å². The molecule has 33 heavy (non-hydrogen) atoms. The van der Waals surface area contributed by atoms with Crippen molar-refractivity contribution < 1.29 is 70.8 Å². The van der Waals surface area contributed by atoms with E-state index in [1.165, 1.54) is 22.8 Å². The largest absolute Gasteiger partial charge is 1.00 e.